The average Bonchev–Trinajstić information content (AvgIpc) is 1.81. The van der Waals surface area contributed by atoms with E-state index in [0.717, 1.165) is 28.0 Å². The van der Waals surface area contributed by atoms with Gasteiger partial charge in [-0.3, -0.25) is 38.6 Å². The molecule has 0 radical (unpaired) electrons. The fourth-order valence-corrected chi connectivity index (χ4v) is 11.0. The number of nitrogens with two attached hydrogens (primary N) is 1. The number of carbonyl (C=O) groups excluding carboxylic acids is 8. The number of anilines is 2. The topological polar surface area (TPSA) is 281 Å². The molecule has 6 N–H and O–H groups in total. The summed E-state index contributed by atoms with van der Waals surface area (Å²) in [5.74, 6) is -0.856. The van der Waals surface area contributed by atoms with Crippen LogP contribution >= 0.6 is 12.6 Å². The number of benzene rings is 3. The van der Waals surface area contributed by atoms with Crippen molar-refractivity contribution in [3.8, 4) is 17.2 Å². The van der Waals surface area contributed by atoms with Gasteiger partial charge in [0.05, 0.1) is 66.7 Å². The minimum Gasteiger partial charge on any atom is -0.493 e. The Kier molecular flexibility index (Phi) is 28.9. The molecule has 5 heterocycles. The van der Waals surface area contributed by atoms with Crippen LogP contribution in [-0.2, 0) is 41.7 Å². The molecule has 5 aliphatic heterocycles. The molecule has 8 amide bonds. The molecule has 23 heteroatoms. The van der Waals surface area contributed by atoms with Crippen molar-refractivity contribution in [3.63, 3.8) is 0 Å². The summed E-state index contributed by atoms with van der Waals surface area (Å²) in [6.07, 6.45) is 7.85. The van der Waals surface area contributed by atoms with Crippen molar-refractivity contribution < 1.29 is 62.4 Å². The summed E-state index contributed by atoms with van der Waals surface area (Å²) < 4.78 is 24.0. The molecule has 5 unspecified atom stereocenters. The Morgan fingerprint density at radius 2 is 1.43 bits per heavy atom. The number of aliphatic imine (C=N–C) groups is 1. The lowest BCUT2D eigenvalue weighted by atomic mass is 10.0. The number of amides is 8. The van der Waals surface area contributed by atoms with Gasteiger partial charge in [0.25, 0.3) is 11.8 Å². The SMILES string of the molecule is C=C1CC2C=Nc3cc(OCCCCCOc4cc5c(cc4OC)C(=O)N4CC(=C)CC4C(O)N5C(=O)OCc4ccc(NC(=O)C(CCC)NC(=O)CNC(=O)CCCCCN5C(=C)C(S)CC5=O)cc4)c(CC)cc3C(=O)N2C1.CC.CC(N)=O.CCC. The number of thiol groups is 1. The number of likely N-dealkylation sites (tertiary alicyclic amines) is 1. The van der Waals surface area contributed by atoms with Crippen molar-refractivity contribution in [1.29, 1.82) is 0 Å². The first kappa shape index (κ1) is 72.6. The van der Waals surface area contributed by atoms with Gasteiger partial charge in [0, 0.05) is 69.1 Å². The molecule has 3 aromatic carbocycles. The molecule has 5 aliphatic rings. The van der Waals surface area contributed by atoms with Crippen LogP contribution < -0.4 is 40.8 Å². The van der Waals surface area contributed by atoms with Crippen molar-refractivity contribution >= 4 is 83.3 Å². The zero-order valence-corrected chi connectivity index (χ0v) is 54.6. The third-order valence-corrected chi connectivity index (χ3v) is 15.6. The quantitative estimate of drug-likeness (QED) is 0.0262. The van der Waals surface area contributed by atoms with Gasteiger partial charge in [-0.05, 0) is 93.2 Å². The number of unbranched alkanes of at least 4 members (excludes halogenated alkanes) is 4. The van der Waals surface area contributed by atoms with Crippen molar-refractivity contribution in [2.75, 3.05) is 56.7 Å². The van der Waals surface area contributed by atoms with E-state index >= 15 is 0 Å². The van der Waals surface area contributed by atoms with Crippen molar-refractivity contribution in [1.82, 2.24) is 25.3 Å². The summed E-state index contributed by atoms with van der Waals surface area (Å²) in [7, 11) is 1.45. The van der Waals surface area contributed by atoms with E-state index in [1.807, 2.05) is 50.9 Å². The van der Waals surface area contributed by atoms with E-state index in [1.165, 1.54) is 37.5 Å². The van der Waals surface area contributed by atoms with Crippen molar-refractivity contribution in [2.24, 2.45) is 10.7 Å². The minimum atomic E-state index is -1.51. The Balaban J connectivity index is 0.00000154. The molecule has 22 nitrogen and oxygen atoms in total. The van der Waals surface area contributed by atoms with E-state index in [0.29, 0.717) is 118 Å². The molecular weight excluding hydrogens is 1170 g/mol. The van der Waals surface area contributed by atoms with Gasteiger partial charge in [0.2, 0.25) is 29.5 Å². The highest BCUT2D eigenvalue weighted by Crippen LogP contribution is 2.42. The molecule has 90 heavy (non-hydrogen) atoms. The van der Waals surface area contributed by atoms with Crippen LogP contribution in [0.25, 0.3) is 0 Å². The Morgan fingerprint density at radius 1 is 0.800 bits per heavy atom. The van der Waals surface area contributed by atoms with E-state index in [1.54, 1.807) is 29.2 Å². The van der Waals surface area contributed by atoms with Crippen molar-refractivity contribution in [3.05, 3.63) is 107 Å². The number of aliphatic hydroxyl groups is 1. The van der Waals surface area contributed by atoms with Gasteiger partial charge in [-0.15, -0.1) is 0 Å². The summed E-state index contributed by atoms with van der Waals surface area (Å²) in [6, 6.07) is 11.5. The third-order valence-electron chi connectivity index (χ3n) is 15.1. The Morgan fingerprint density at radius 3 is 2.07 bits per heavy atom. The number of hydrogen-bond donors (Lipinski definition) is 6. The summed E-state index contributed by atoms with van der Waals surface area (Å²) in [4.78, 5) is 113. The second kappa shape index (κ2) is 35.9. The number of hydrogen-bond acceptors (Lipinski definition) is 15. The van der Waals surface area contributed by atoms with Gasteiger partial charge < -0.3 is 60.4 Å². The number of nitrogens with one attached hydrogen (secondary N) is 3. The molecule has 8 rings (SSSR count). The number of rotatable bonds is 25. The molecule has 0 spiro atoms. The molecule has 490 valence electrons. The number of aliphatic hydroxyl groups excluding tert-OH is 1. The minimum absolute atomic E-state index is 0.00274. The first-order valence-corrected chi connectivity index (χ1v) is 31.8. The maximum Gasteiger partial charge on any atom is 0.416 e. The molecular formula is C67H93N9O13S. The lowest BCUT2D eigenvalue weighted by Gasteiger charge is -2.31. The van der Waals surface area contributed by atoms with Gasteiger partial charge in [0.15, 0.2) is 17.7 Å². The zero-order chi connectivity index (χ0) is 66.2. The zero-order valence-electron chi connectivity index (χ0n) is 53.7. The first-order valence-electron chi connectivity index (χ1n) is 31.3. The monoisotopic (exact) mass is 1260 g/mol. The normalized spacial score (nSPS) is 18.2. The fourth-order valence-electron chi connectivity index (χ4n) is 10.7. The number of fused-ring (bicyclic) bond motifs is 4. The van der Waals surface area contributed by atoms with Crippen LogP contribution in [0.15, 0.2) is 90.1 Å². The smallest absolute Gasteiger partial charge is 0.416 e. The van der Waals surface area contributed by atoms with E-state index in [4.69, 9.17) is 18.9 Å². The molecule has 0 aliphatic carbocycles. The number of primary amides is 1. The number of methoxy groups -OCH3 is 1. The Hall–Kier alpha value is -8.18. The number of ether oxygens (including phenoxy) is 4. The van der Waals surface area contributed by atoms with Crippen LogP contribution in [0.2, 0.25) is 0 Å². The van der Waals surface area contributed by atoms with Gasteiger partial charge in [0.1, 0.15) is 18.4 Å². The third kappa shape index (κ3) is 19.9. The maximum atomic E-state index is 14.2. The van der Waals surface area contributed by atoms with Crippen LogP contribution in [0.4, 0.5) is 21.9 Å². The van der Waals surface area contributed by atoms with Crippen LogP contribution in [0.5, 0.6) is 17.2 Å². The van der Waals surface area contributed by atoms with Crippen molar-refractivity contribution in [2.45, 2.75) is 175 Å². The molecule has 0 bridgehead atoms. The van der Waals surface area contributed by atoms with Crippen LogP contribution in [-0.4, -0.2) is 150 Å². The highest BCUT2D eigenvalue weighted by Gasteiger charge is 2.46. The van der Waals surface area contributed by atoms with Crippen LogP contribution in [0, 0.1) is 0 Å². The number of aryl methyl sites for hydroxylation is 1. The molecule has 5 atom stereocenters. The Bertz CT molecular complexity index is 3090. The second-order valence-electron chi connectivity index (χ2n) is 22.4. The van der Waals surface area contributed by atoms with Gasteiger partial charge in [-0.25, -0.2) is 9.69 Å². The molecule has 0 saturated carbocycles. The highest BCUT2D eigenvalue weighted by atomic mass is 32.1. The second-order valence-corrected chi connectivity index (χ2v) is 23.0. The lowest BCUT2D eigenvalue weighted by Crippen LogP contribution is -2.50. The molecule has 3 saturated heterocycles. The van der Waals surface area contributed by atoms with E-state index in [2.05, 4.69) is 72.9 Å². The van der Waals surface area contributed by atoms with Crippen LogP contribution in [0.1, 0.15) is 164 Å². The van der Waals surface area contributed by atoms with Gasteiger partial charge in [-0.1, -0.05) is 104 Å². The summed E-state index contributed by atoms with van der Waals surface area (Å²) in [6.45, 7) is 26.9. The summed E-state index contributed by atoms with van der Waals surface area (Å²) >= 11 is 4.37. The average molecular weight is 1260 g/mol. The standard InChI is InChI=1S/C60H74N8O12S.C3H8.C2H5NO.C2H6/c1-7-15-45(64-54(70)32-62-53(69)16-11-9-12-21-65-38(5)52(81)30-55(65)71)56(72)63-41-19-17-39(18-20-41)35-80-60(76)68-47-29-51(50(77-6)27-44(47)58(74)67-34-37(4)25-48(67)59(68)75)79-23-14-10-13-22-78-49-28-46-43(26-40(49)8-2)57(73)66-33-36(3)24-42(66)31-61-46;1-3-2;1-2(3)4;1-2/h17-20,26-29,31,42,45,48,52,59,75,81H,3-5,7-16,21-25,30,32-35H2,1-2,6H3,(H,62,69)(H,63,72)(H,64,70);3H2,1-2H3;1H3,(H2,3,4);1-2H3. The van der Waals surface area contributed by atoms with Gasteiger partial charge >= 0.3 is 6.09 Å². The number of nitrogens with zero attached hydrogens (tertiary/aromatic N) is 5. The predicted molar refractivity (Wildman–Crippen MR) is 351 cm³/mol. The lowest BCUT2D eigenvalue weighted by molar-refractivity contribution is -0.128. The van der Waals surface area contributed by atoms with E-state index in [9.17, 15) is 43.5 Å². The summed E-state index contributed by atoms with van der Waals surface area (Å²) in [5.41, 5.74) is 10.1. The largest absolute Gasteiger partial charge is 0.493 e. The molecule has 3 fully saturated rings. The van der Waals surface area contributed by atoms with E-state index < -0.39 is 42.1 Å². The Labute approximate surface area is 535 Å². The molecule has 0 aromatic heterocycles. The number of carbonyl (C=O) groups is 8. The van der Waals surface area contributed by atoms with Gasteiger partial charge in [-0.2, -0.15) is 12.6 Å². The predicted octanol–water partition coefficient (Wildman–Crippen LogP) is 9.50. The highest BCUT2D eigenvalue weighted by molar-refractivity contribution is 7.81. The first-order chi connectivity index (χ1) is 43.1. The van der Waals surface area contributed by atoms with Crippen LogP contribution in [0.3, 0.4) is 0 Å². The van der Waals surface area contributed by atoms with E-state index in [-0.39, 0.29) is 96.8 Å². The summed E-state index contributed by atoms with van der Waals surface area (Å²) in [5, 5.41) is 19.9. The molecule has 3 aromatic rings. The maximum absolute atomic E-state index is 14.2. The fraction of sp³-hybridized carbons (Fsp3) is 0.507.